The molecule has 38 heavy (non-hydrogen) atoms. The minimum atomic E-state index is -2.57. The topological polar surface area (TPSA) is 0 Å². The van der Waals surface area contributed by atoms with Gasteiger partial charge in [-0.05, 0) is 0 Å². The summed E-state index contributed by atoms with van der Waals surface area (Å²) in [7, 11) is 0. The van der Waals surface area contributed by atoms with E-state index in [9.17, 15) is 0 Å². The van der Waals surface area contributed by atoms with Crippen molar-refractivity contribution in [3.05, 3.63) is 79.9 Å². The molecular weight excluding hydrogens is 492 g/mol. The van der Waals surface area contributed by atoms with Crippen molar-refractivity contribution in [1.82, 2.24) is 0 Å². The number of rotatable bonds is 4. The third-order valence-corrected chi connectivity index (χ3v) is 17.5. The molecule has 2 aromatic rings. The first-order valence-corrected chi connectivity index (χ1v) is 20.2. The van der Waals surface area contributed by atoms with Crippen LogP contribution in [0.2, 0.25) is 10.5 Å². The predicted octanol–water partition coefficient (Wildman–Crippen LogP) is 11.8. The van der Waals surface area contributed by atoms with Crippen LogP contribution < -0.4 is 0 Å². The van der Waals surface area contributed by atoms with Gasteiger partial charge in [0.25, 0.3) is 0 Å². The van der Waals surface area contributed by atoms with Crippen LogP contribution in [-0.2, 0) is 16.6 Å². The summed E-state index contributed by atoms with van der Waals surface area (Å²) in [5.74, 6) is 2.16. The zero-order valence-corrected chi connectivity index (χ0v) is 28.3. The number of benzene rings is 2. The van der Waals surface area contributed by atoms with Crippen LogP contribution in [-0.4, -0.2) is 0 Å². The van der Waals surface area contributed by atoms with Crippen LogP contribution in [0.4, 0.5) is 0 Å². The standard InChI is InChI=1S/C35H46.2CH3.Ti/c1-19(2)25-15-27-13-23(9)33(31(27)29(17-25)21(5)6)35(11,12)34-24(10)14-28-16-26(20(3)4)18-30(22(7)8)32(28)34;;;/h13-22H,1-12H3;2*1H3;. The van der Waals surface area contributed by atoms with Crippen molar-refractivity contribution in [1.29, 1.82) is 0 Å². The van der Waals surface area contributed by atoms with Crippen LogP contribution in [0.5, 0.6) is 0 Å². The molecule has 204 valence electrons. The Labute approximate surface area is 237 Å². The van der Waals surface area contributed by atoms with E-state index in [1.165, 1.54) is 11.1 Å². The molecule has 3 aliphatic rings. The minimum absolute atomic E-state index is 0.0219. The molecular formula is C37H52Ti. The van der Waals surface area contributed by atoms with Crippen molar-refractivity contribution in [2.24, 2.45) is 5.41 Å². The zero-order valence-electron chi connectivity index (χ0n) is 26.8. The number of hydrogen-bond donors (Lipinski definition) is 0. The van der Waals surface area contributed by atoms with E-state index in [1.807, 2.05) is 0 Å². The fraction of sp³-hybridized carbons (Fsp3) is 0.568. The molecule has 2 aromatic carbocycles. The quantitative estimate of drug-likeness (QED) is 0.336. The molecule has 2 aliphatic carbocycles. The van der Waals surface area contributed by atoms with Gasteiger partial charge in [-0.1, -0.05) is 0 Å². The number of hydrogen-bond acceptors (Lipinski definition) is 0. The fourth-order valence-electron chi connectivity index (χ4n) is 9.00. The van der Waals surface area contributed by atoms with Gasteiger partial charge in [0.2, 0.25) is 0 Å². The van der Waals surface area contributed by atoms with Gasteiger partial charge in [-0.3, -0.25) is 0 Å². The Morgan fingerprint density at radius 2 is 0.921 bits per heavy atom. The van der Waals surface area contributed by atoms with E-state index in [0.717, 1.165) is 0 Å². The van der Waals surface area contributed by atoms with E-state index in [1.54, 1.807) is 55.7 Å². The van der Waals surface area contributed by atoms with Crippen molar-refractivity contribution in [3.8, 4) is 0 Å². The van der Waals surface area contributed by atoms with Crippen molar-refractivity contribution < 1.29 is 16.6 Å². The second-order valence-electron chi connectivity index (χ2n) is 15.2. The van der Waals surface area contributed by atoms with Crippen molar-refractivity contribution >= 4 is 11.1 Å². The molecule has 1 heterocycles. The van der Waals surface area contributed by atoms with Crippen LogP contribution in [0.3, 0.4) is 0 Å². The summed E-state index contributed by atoms with van der Waals surface area (Å²) >= 11 is -2.57. The first-order valence-electron chi connectivity index (χ1n) is 15.3. The molecule has 0 amide bonds. The average molecular weight is 545 g/mol. The van der Waals surface area contributed by atoms with E-state index < -0.39 is 16.6 Å². The van der Waals surface area contributed by atoms with Gasteiger partial charge in [0.1, 0.15) is 0 Å². The summed E-state index contributed by atoms with van der Waals surface area (Å²) in [6.07, 6.45) is 0. The van der Waals surface area contributed by atoms with Gasteiger partial charge >= 0.3 is 239 Å². The Bertz CT molecular complexity index is 1280. The molecule has 1 aliphatic heterocycles. The summed E-state index contributed by atoms with van der Waals surface area (Å²) in [6, 6.07) is 10.4. The SMILES string of the molecule is CC1=C2c3c(C(C)C)cc(C(C)C)cc3[CH]1[Ti]([CH3])([CH3])[CH]1C(C)=C(c3c(C(C)C)cc(C(C)C)cc31)C2(C)C. The molecule has 0 saturated heterocycles. The summed E-state index contributed by atoms with van der Waals surface area (Å²) in [5, 5.41) is 5.54. The molecule has 0 nitrogen and oxygen atoms in total. The van der Waals surface area contributed by atoms with Crippen molar-refractivity contribution in [2.75, 3.05) is 0 Å². The zero-order chi connectivity index (χ0) is 28.2. The van der Waals surface area contributed by atoms with Gasteiger partial charge in [0.05, 0.1) is 0 Å². The molecule has 2 atom stereocenters. The van der Waals surface area contributed by atoms with Crippen LogP contribution in [0.1, 0.15) is 160 Å². The molecule has 0 aromatic heterocycles. The van der Waals surface area contributed by atoms with E-state index in [4.69, 9.17) is 0 Å². The summed E-state index contributed by atoms with van der Waals surface area (Å²) in [4.78, 5) is 0. The van der Waals surface area contributed by atoms with Crippen LogP contribution in [0, 0.1) is 5.41 Å². The molecule has 0 N–H and O–H groups in total. The summed E-state index contributed by atoms with van der Waals surface area (Å²) in [6.45, 7) is 29.3. The Balaban J connectivity index is 1.93. The first-order chi connectivity index (χ1) is 17.5. The molecule has 0 saturated carbocycles. The average Bonchev–Trinajstić information content (AvgIpc) is 3.28. The number of fused-ring (bicyclic) bond motifs is 8. The van der Waals surface area contributed by atoms with Crippen LogP contribution in [0.25, 0.3) is 11.1 Å². The van der Waals surface area contributed by atoms with Crippen LogP contribution in [0.15, 0.2) is 35.4 Å². The van der Waals surface area contributed by atoms with Gasteiger partial charge in [-0.15, -0.1) is 0 Å². The predicted molar refractivity (Wildman–Crippen MR) is 165 cm³/mol. The van der Waals surface area contributed by atoms with Gasteiger partial charge in [0.15, 0.2) is 0 Å². The maximum atomic E-state index is 2.77. The second-order valence-corrected chi connectivity index (χ2v) is 22.7. The van der Waals surface area contributed by atoms with Crippen molar-refractivity contribution in [3.63, 3.8) is 0 Å². The molecule has 5 rings (SSSR count). The third kappa shape index (κ3) is 3.72. The summed E-state index contributed by atoms with van der Waals surface area (Å²) in [5.41, 5.74) is 19.6. The Kier molecular flexibility index (Phi) is 6.73. The van der Waals surface area contributed by atoms with Gasteiger partial charge in [-0.2, -0.15) is 0 Å². The Morgan fingerprint density at radius 1 is 0.579 bits per heavy atom. The molecule has 2 unspecified atom stereocenters. The van der Waals surface area contributed by atoms with Crippen molar-refractivity contribution in [2.45, 2.75) is 126 Å². The molecule has 0 spiro atoms. The molecule has 1 heteroatoms. The second kappa shape index (κ2) is 9.07. The first kappa shape index (κ1) is 28.2. The fourth-order valence-corrected chi connectivity index (χ4v) is 16.7. The normalized spacial score (nSPS) is 23.1. The summed E-state index contributed by atoms with van der Waals surface area (Å²) < 4.78 is 1.24. The van der Waals surface area contributed by atoms with E-state index in [-0.39, 0.29) is 5.41 Å². The monoisotopic (exact) mass is 544 g/mol. The number of allylic oxidation sites excluding steroid dienone is 4. The third-order valence-electron chi connectivity index (χ3n) is 10.5. The van der Waals surface area contributed by atoms with Gasteiger partial charge in [-0.25, -0.2) is 0 Å². The van der Waals surface area contributed by atoms with Crippen LogP contribution >= 0.6 is 0 Å². The van der Waals surface area contributed by atoms with E-state index in [0.29, 0.717) is 32.1 Å². The Morgan fingerprint density at radius 3 is 1.21 bits per heavy atom. The van der Waals surface area contributed by atoms with E-state index in [2.05, 4.69) is 118 Å². The molecule has 0 radical (unpaired) electrons. The van der Waals surface area contributed by atoms with Gasteiger partial charge < -0.3 is 0 Å². The molecule has 0 fully saturated rings. The molecule has 4 bridgehead atoms. The van der Waals surface area contributed by atoms with E-state index >= 15 is 0 Å². The van der Waals surface area contributed by atoms with Gasteiger partial charge in [0, 0.05) is 0 Å². The Hall–Kier alpha value is -1.37. The maximum absolute atomic E-state index is 2.77.